The molecule has 2 aromatic rings. The molecule has 3 rings (SSSR count). The molecule has 8 heteroatoms. The summed E-state index contributed by atoms with van der Waals surface area (Å²) in [6.07, 6.45) is 4.72. The van der Waals surface area contributed by atoms with E-state index in [-0.39, 0.29) is 5.78 Å². The lowest BCUT2D eigenvalue weighted by Crippen LogP contribution is -2.38. The van der Waals surface area contributed by atoms with Gasteiger partial charge in [0.2, 0.25) is 0 Å². The van der Waals surface area contributed by atoms with Crippen LogP contribution >= 0.6 is 23.1 Å². The molecule has 0 amide bonds. The monoisotopic (exact) mass is 333 g/mol. The molecule has 0 N–H and O–H groups in total. The van der Waals surface area contributed by atoms with Gasteiger partial charge in [0.15, 0.2) is 5.78 Å². The third-order valence-corrected chi connectivity index (χ3v) is 4.35. The van der Waals surface area contributed by atoms with Crippen LogP contribution in [0, 0.1) is 0 Å². The van der Waals surface area contributed by atoms with Gasteiger partial charge < -0.3 is 0 Å². The van der Waals surface area contributed by atoms with E-state index in [1.807, 2.05) is 22.9 Å². The van der Waals surface area contributed by atoms with Crippen molar-refractivity contribution in [2.75, 3.05) is 19.6 Å². The molecule has 1 fully saturated rings. The first-order valence-electron chi connectivity index (χ1n) is 6.98. The van der Waals surface area contributed by atoms with Gasteiger partial charge in [0.1, 0.15) is 0 Å². The highest BCUT2D eigenvalue weighted by Gasteiger charge is 2.26. The molecule has 2 aromatic heterocycles. The molecule has 0 saturated carbocycles. The molecule has 0 atom stereocenters. The molecule has 0 aliphatic carbocycles. The maximum atomic E-state index is 12.7. The minimum atomic E-state index is 0.0633. The average molecular weight is 333 g/mol. The van der Waals surface area contributed by atoms with Crippen LogP contribution in [0.25, 0.3) is 12.2 Å². The summed E-state index contributed by atoms with van der Waals surface area (Å²) in [5.74, 6) is 0.0633. The summed E-state index contributed by atoms with van der Waals surface area (Å²) >= 11 is 2.57. The number of carbonyl (C=O) groups is 1. The highest BCUT2D eigenvalue weighted by molar-refractivity contribution is 7.03. The van der Waals surface area contributed by atoms with E-state index in [0.29, 0.717) is 13.1 Å². The molecule has 6 nitrogen and oxygen atoms in total. The lowest BCUT2D eigenvalue weighted by atomic mass is 9.96. The van der Waals surface area contributed by atoms with E-state index in [4.69, 9.17) is 0 Å². The standard InChI is InChI=1S/C14H15N5OS2/c1-2-3-19-6-10(4-12-8-21-17-15-12)14(20)11(7-19)5-13-9-22-18-16-13/h4-5,8-9H,2-3,6-7H2,1H3/b10-4-,11-5+. The lowest BCUT2D eigenvalue weighted by molar-refractivity contribution is -0.113. The zero-order valence-corrected chi connectivity index (χ0v) is 13.7. The SMILES string of the molecule is CCCN1C/C(=C/c2csnn2)C(=O)/C(=C/c2csnn2)C1. The van der Waals surface area contributed by atoms with Gasteiger partial charge in [-0.15, -0.1) is 10.2 Å². The third kappa shape index (κ3) is 3.52. The Kier molecular flexibility index (Phi) is 4.81. The number of piperidine rings is 1. The Morgan fingerprint density at radius 2 is 1.64 bits per heavy atom. The van der Waals surface area contributed by atoms with Crippen LogP contribution in [0.2, 0.25) is 0 Å². The Morgan fingerprint density at radius 1 is 1.09 bits per heavy atom. The summed E-state index contributed by atoms with van der Waals surface area (Å²) in [5.41, 5.74) is 2.98. The van der Waals surface area contributed by atoms with Crippen molar-refractivity contribution < 1.29 is 4.79 Å². The van der Waals surface area contributed by atoms with Crippen molar-refractivity contribution in [3.05, 3.63) is 33.3 Å². The number of hydrogen-bond acceptors (Lipinski definition) is 8. The highest BCUT2D eigenvalue weighted by atomic mass is 32.1. The summed E-state index contributed by atoms with van der Waals surface area (Å²) in [6, 6.07) is 0. The van der Waals surface area contributed by atoms with E-state index in [2.05, 4.69) is 31.0 Å². The topological polar surface area (TPSA) is 71.9 Å². The number of ketones is 1. The maximum Gasteiger partial charge on any atom is 0.187 e. The number of likely N-dealkylation sites (tertiary alicyclic amines) is 1. The molecule has 0 bridgehead atoms. The fourth-order valence-corrected chi connectivity index (χ4v) is 3.23. The van der Waals surface area contributed by atoms with Gasteiger partial charge in [-0.1, -0.05) is 15.9 Å². The largest absolute Gasteiger partial charge is 0.295 e. The fourth-order valence-electron chi connectivity index (χ4n) is 2.41. The number of Topliss-reactive ketones (excluding diaryl/α,β-unsaturated/α-hetero) is 1. The predicted molar refractivity (Wildman–Crippen MR) is 87.5 cm³/mol. The van der Waals surface area contributed by atoms with Crippen LogP contribution < -0.4 is 0 Å². The molecule has 0 unspecified atom stereocenters. The van der Waals surface area contributed by atoms with Crippen LogP contribution in [-0.2, 0) is 4.79 Å². The van der Waals surface area contributed by atoms with Crippen molar-refractivity contribution in [3.8, 4) is 0 Å². The minimum Gasteiger partial charge on any atom is -0.295 e. The van der Waals surface area contributed by atoms with E-state index in [0.717, 1.165) is 35.5 Å². The van der Waals surface area contributed by atoms with Gasteiger partial charge in [-0.05, 0) is 48.2 Å². The maximum absolute atomic E-state index is 12.7. The van der Waals surface area contributed by atoms with Gasteiger partial charge in [-0.3, -0.25) is 9.69 Å². The molecule has 1 aliphatic heterocycles. The average Bonchev–Trinajstić information content (AvgIpc) is 3.17. The Labute approximate surface area is 136 Å². The second-order valence-corrected chi connectivity index (χ2v) is 6.26. The Hall–Kier alpha value is -1.77. The van der Waals surface area contributed by atoms with Crippen LogP contribution in [-0.4, -0.2) is 49.5 Å². The fraction of sp³-hybridized carbons (Fsp3) is 0.357. The number of aromatic nitrogens is 4. The molecule has 3 heterocycles. The normalized spacial score (nSPS) is 20.1. The van der Waals surface area contributed by atoms with Gasteiger partial charge in [0, 0.05) is 35.0 Å². The van der Waals surface area contributed by atoms with Gasteiger partial charge in [0.05, 0.1) is 11.4 Å². The molecular weight excluding hydrogens is 318 g/mol. The van der Waals surface area contributed by atoms with Crippen molar-refractivity contribution in [1.29, 1.82) is 0 Å². The molecule has 114 valence electrons. The molecule has 1 aliphatic rings. The quantitative estimate of drug-likeness (QED) is 0.798. The summed E-state index contributed by atoms with van der Waals surface area (Å²) in [5, 5.41) is 11.7. The van der Waals surface area contributed by atoms with Crippen LogP contribution in [0.3, 0.4) is 0 Å². The summed E-state index contributed by atoms with van der Waals surface area (Å²) in [4.78, 5) is 14.9. The first-order valence-corrected chi connectivity index (χ1v) is 8.66. The van der Waals surface area contributed by atoms with E-state index < -0.39 is 0 Å². The number of nitrogens with zero attached hydrogens (tertiary/aromatic N) is 5. The summed E-state index contributed by atoms with van der Waals surface area (Å²) < 4.78 is 7.68. The van der Waals surface area contributed by atoms with Crippen molar-refractivity contribution in [2.24, 2.45) is 0 Å². The molecule has 0 radical (unpaired) electrons. The predicted octanol–water partition coefficient (Wildman–Crippen LogP) is 2.15. The lowest BCUT2D eigenvalue weighted by Gasteiger charge is -2.29. The van der Waals surface area contributed by atoms with E-state index in [1.165, 1.54) is 23.1 Å². The molecule has 22 heavy (non-hydrogen) atoms. The van der Waals surface area contributed by atoms with Crippen molar-refractivity contribution in [3.63, 3.8) is 0 Å². The molecule has 0 spiro atoms. The molecule has 1 saturated heterocycles. The molecular formula is C14H15N5OS2. The zero-order valence-electron chi connectivity index (χ0n) is 12.1. The smallest absolute Gasteiger partial charge is 0.187 e. The molecule has 0 aromatic carbocycles. The first kappa shape index (κ1) is 15.1. The van der Waals surface area contributed by atoms with Crippen LogP contribution in [0.5, 0.6) is 0 Å². The van der Waals surface area contributed by atoms with E-state index >= 15 is 0 Å². The Balaban J connectivity index is 1.91. The van der Waals surface area contributed by atoms with E-state index in [9.17, 15) is 4.79 Å². The summed E-state index contributed by atoms with van der Waals surface area (Å²) in [7, 11) is 0. The van der Waals surface area contributed by atoms with Crippen molar-refractivity contribution in [1.82, 2.24) is 24.1 Å². The first-order chi connectivity index (χ1) is 10.8. The Morgan fingerprint density at radius 3 is 2.05 bits per heavy atom. The van der Waals surface area contributed by atoms with Crippen LogP contribution in [0.4, 0.5) is 0 Å². The number of carbonyl (C=O) groups excluding carboxylic acids is 1. The van der Waals surface area contributed by atoms with Crippen molar-refractivity contribution >= 4 is 41.0 Å². The van der Waals surface area contributed by atoms with Crippen molar-refractivity contribution in [2.45, 2.75) is 13.3 Å². The Bertz CT molecular complexity index is 635. The second kappa shape index (κ2) is 6.99. The van der Waals surface area contributed by atoms with Crippen LogP contribution in [0.1, 0.15) is 24.7 Å². The number of hydrogen-bond donors (Lipinski definition) is 0. The van der Waals surface area contributed by atoms with Gasteiger partial charge >= 0.3 is 0 Å². The highest BCUT2D eigenvalue weighted by Crippen LogP contribution is 2.21. The summed E-state index contributed by atoms with van der Waals surface area (Å²) in [6.45, 7) is 4.39. The minimum absolute atomic E-state index is 0.0633. The van der Waals surface area contributed by atoms with Gasteiger partial charge in [-0.25, -0.2) is 0 Å². The van der Waals surface area contributed by atoms with Crippen LogP contribution in [0.15, 0.2) is 21.9 Å². The number of rotatable bonds is 4. The third-order valence-electron chi connectivity index (χ3n) is 3.31. The van der Waals surface area contributed by atoms with Gasteiger partial charge in [0.25, 0.3) is 0 Å². The second-order valence-electron chi connectivity index (χ2n) is 5.04. The zero-order chi connectivity index (χ0) is 15.4. The van der Waals surface area contributed by atoms with E-state index in [1.54, 1.807) is 0 Å². The van der Waals surface area contributed by atoms with Gasteiger partial charge in [-0.2, -0.15) is 0 Å².